The summed E-state index contributed by atoms with van der Waals surface area (Å²) in [5.74, 6) is 0.823. The highest BCUT2D eigenvalue weighted by Gasteiger charge is 2.47. The highest BCUT2D eigenvalue weighted by Crippen LogP contribution is 2.50. The number of aliphatic hydroxyl groups excluding tert-OH is 1. The van der Waals surface area contributed by atoms with E-state index in [1.165, 1.54) is 12.8 Å². The van der Waals surface area contributed by atoms with E-state index in [0.29, 0.717) is 17.4 Å². The Bertz CT molecular complexity index is 838. The third-order valence-corrected chi connectivity index (χ3v) is 5.67. The van der Waals surface area contributed by atoms with Crippen LogP contribution in [0.5, 0.6) is 0 Å². The molecule has 27 heavy (non-hydrogen) atoms. The lowest BCUT2D eigenvalue weighted by atomic mass is 9.79. The molecule has 7 nitrogen and oxygen atoms in total. The summed E-state index contributed by atoms with van der Waals surface area (Å²) in [6.07, 6.45) is 5.11. The number of carbonyl (C=O) groups excluding carboxylic acids is 1. The first-order valence-corrected chi connectivity index (χ1v) is 9.41. The lowest BCUT2D eigenvalue weighted by Crippen LogP contribution is -2.53. The molecule has 2 heterocycles. The maximum absolute atomic E-state index is 11.7. The lowest BCUT2D eigenvalue weighted by Gasteiger charge is -2.48. The molecule has 1 aromatic carbocycles. The number of aromatic nitrogens is 2. The number of hydrogen-bond acceptors (Lipinski definition) is 6. The predicted molar refractivity (Wildman–Crippen MR) is 103 cm³/mol. The monoisotopic (exact) mass is 367 g/mol. The lowest BCUT2D eigenvalue weighted by molar-refractivity contribution is 0.1000. The fourth-order valence-corrected chi connectivity index (χ4v) is 4.35. The van der Waals surface area contributed by atoms with Gasteiger partial charge in [0.25, 0.3) is 0 Å². The Morgan fingerprint density at radius 1 is 1.33 bits per heavy atom. The Kier molecular flexibility index (Phi) is 4.47. The van der Waals surface area contributed by atoms with Gasteiger partial charge in [-0.05, 0) is 55.5 Å². The zero-order valence-electron chi connectivity index (χ0n) is 15.5. The predicted octanol–water partition coefficient (Wildman–Crippen LogP) is 2.30. The van der Waals surface area contributed by atoms with E-state index >= 15 is 0 Å². The van der Waals surface area contributed by atoms with Crippen molar-refractivity contribution >= 4 is 17.5 Å². The van der Waals surface area contributed by atoms with Crippen LogP contribution in [0.3, 0.4) is 0 Å². The average molecular weight is 367 g/mol. The van der Waals surface area contributed by atoms with Crippen LogP contribution in [-0.4, -0.2) is 33.3 Å². The molecule has 7 heteroatoms. The van der Waals surface area contributed by atoms with Crippen molar-refractivity contribution in [2.75, 3.05) is 10.2 Å². The summed E-state index contributed by atoms with van der Waals surface area (Å²) in [4.78, 5) is 22.4. The number of nitrogens with zero attached hydrogens (tertiary/aromatic N) is 3. The second-order valence-electron chi connectivity index (χ2n) is 7.56. The summed E-state index contributed by atoms with van der Waals surface area (Å²) in [5.41, 5.74) is 7.83. The highest BCUT2D eigenvalue weighted by molar-refractivity contribution is 5.93. The number of nitrogens with two attached hydrogens (primary N) is 1. The molecule has 0 bridgehead atoms. The fourth-order valence-electron chi connectivity index (χ4n) is 4.35. The fraction of sp³-hybridized carbons (Fsp3) is 0.450. The molecule has 0 saturated heterocycles. The molecule has 2 aromatic rings. The number of aliphatic hydroxyl groups is 1. The van der Waals surface area contributed by atoms with Crippen LogP contribution in [0.15, 0.2) is 36.7 Å². The van der Waals surface area contributed by atoms with Crippen molar-refractivity contribution < 1.29 is 9.90 Å². The molecule has 1 unspecified atom stereocenters. The minimum Gasteiger partial charge on any atom is -0.374 e. The van der Waals surface area contributed by atoms with Gasteiger partial charge in [0.2, 0.25) is 11.9 Å². The second kappa shape index (κ2) is 6.81. The highest BCUT2D eigenvalue weighted by atomic mass is 16.3. The standard InChI is InChI=1S/C20H25N5O2/c1-11-17(24-20-22-8-3-9-23-20)15-10-14(19(21)27)6-7-16(15)25(12(2)26)18(11)13-4-5-13/h3,6-13,17-18,26H,4-5H2,1-2H3,(H2,21,27)(H,22,23,24)/t11-,12?,17-,18-/m1/s1. The molecule has 1 aliphatic carbocycles. The number of anilines is 2. The van der Waals surface area contributed by atoms with E-state index in [1.54, 1.807) is 31.5 Å². The van der Waals surface area contributed by atoms with Crippen LogP contribution in [-0.2, 0) is 0 Å². The van der Waals surface area contributed by atoms with Gasteiger partial charge in [-0.3, -0.25) is 4.79 Å². The van der Waals surface area contributed by atoms with Crippen LogP contribution in [0.1, 0.15) is 48.7 Å². The second-order valence-corrected chi connectivity index (χ2v) is 7.56. The molecule has 1 amide bonds. The van der Waals surface area contributed by atoms with Crippen LogP contribution in [0.25, 0.3) is 0 Å². The third-order valence-electron chi connectivity index (χ3n) is 5.67. The number of benzene rings is 1. The Morgan fingerprint density at radius 2 is 2.04 bits per heavy atom. The zero-order valence-corrected chi connectivity index (χ0v) is 15.5. The van der Waals surface area contributed by atoms with Gasteiger partial charge in [0.1, 0.15) is 6.23 Å². The summed E-state index contributed by atoms with van der Waals surface area (Å²) in [5, 5.41) is 14.0. The first kappa shape index (κ1) is 17.7. The van der Waals surface area contributed by atoms with Gasteiger partial charge in [-0.15, -0.1) is 0 Å². The van der Waals surface area contributed by atoms with E-state index in [2.05, 4.69) is 27.1 Å². The van der Waals surface area contributed by atoms with E-state index < -0.39 is 12.1 Å². The van der Waals surface area contributed by atoms with Crippen molar-refractivity contribution in [1.29, 1.82) is 0 Å². The summed E-state index contributed by atoms with van der Waals surface area (Å²) >= 11 is 0. The summed E-state index contributed by atoms with van der Waals surface area (Å²) < 4.78 is 0. The normalized spacial score (nSPS) is 25.6. The van der Waals surface area contributed by atoms with Crippen LogP contribution in [0, 0.1) is 11.8 Å². The number of nitrogens with one attached hydrogen (secondary N) is 1. The maximum Gasteiger partial charge on any atom is 0.248 e. The smallest absolute Gasteiger partial charge is 0.248 e. The summed E-state index contributed by atoms with van der Waals surface area (Å²) in [6, 6.07) is 7.35. The summed E-state index contributed by atoms with van der Waals surface area (Å²) in [6.45, 7) is 3.97. The Morgan fingerprint density at radius 3 is 2.63 bits per heavy atom. The molecule has 0 radical (unpaired) electrons. The minimum atomic E-state index is -0.620. The third kappa shape index (κ3) is 3.23. The number of carbonyl (C=O) groups is 1. The Hall–Kier alpha value is -2.67. The van der Waals surface area contributed by atoms with Crippen molar-refractivity contribution in [1.82, 2.24) is 9.97 Å². The van der Waals surface area contributed by atoms with Crippen molar-refractivity contribution in [2.24, 2.45) is 17.6 Å². The minimum absolute atomic E-state index is 0.0812. The number of amides is 1. The van der Waals surface area contributed by atoms with Crippen LogP contribution in [0.4, 0.5) is 11.6 Å². The first-order chi connectivity index (χ1) is 13.0. The number of primary amides is 1. The van der Waals surface area contributed by atoms with E-state index in [9.17, 15) is 9.90 Å². The molecule has 4 rings (SSSR count). The quantitative estimate of drug-likeness (QED) is 0.749. The van der Waals surface area contributed by atoms with Crippen molar-refractivity contribution in [2.45, 2.75) is 45.0 Å². The van der Waals surface area contributed by atoms with E-state index in [-0.39, 0.29) is 18.0 Å². The topological polar surface area (TPSA) is 104 Å². The van der Waals surface area contributed by atoms with Gasteiger partial charge in [0.05, 0.1) is 6.04 Å². The van der Waals surface area contributed by atoms with Crippen LogP contribution >= 0.6 is 0 Å². The van der Waals surface area contributed by atoms with Gasteiger partial charge in [-0.1, -0.05) is 6.92 Å². The molecule has 0 spiro atoms. The molecule has 1 saturated carbocycles. The van der Waals surface area contributed by atoms with E-state index in [4.69, 9.17) is 5.73 Å². The van der Waals surface area contributed by atoms with Gasteiger partial charge in [-0.2, -0.15) is 0 Å². The van der Waals surface area contributed by atoms with Crippen molar-refractivity contribution in [3.05, 3.63) is 47.8 Å². The largest absolute Gasteiger partial charge is 0.374 e. The van der Waals surface area contributed by atoms with Gasteiger partial charge < -0.3 is 21.1 Å². The molecule has 1 fully saturated rings. The molecular weight excluding hydrogens is 342 g/mol. The molecule has 1 aromatic heterocycles. The van der Waals surface area contributed by atoms with Gasteiger partial charge in [0, 0.05) is 35.6 Å². The summed E-state index contributed by atoms with van der Waals surface area (Å²) in [7, 11) is 0. The first-order valence-electron chi connectivity index (χ1n) is 9.41. The molecule has 4 atom stereocenters. The molecule has 1 aliphatic heterocycles. The van der Waals surface area contributed by atoms with E-state index in [1.807, 2.05) is 12.1 Å². The number of fused-ring (bicyclic) bond motifs is 1. The van der Waals surface area contributed by atoms with E-state index in [0.717, 1.165) is 11.3 Å². The maximum atomic E-state index is 11.7. The zero-order chi connectivity index (χ0) is 19.1. The molecule has 142 valence electrons. The van der Waals surface area contributed by atoms with Crippen molar-refractivity contribution in [3.63, 3.8) is 0 Å². The SMILES string of the molecule is CC(O)N1c2ccc(C(N)=O)cc2[C@H](Nc2ncccn2)[C@@H](C)[C@@H]1C1CC1. The Labute approximate surface area is 158 Å². The average Bonchev–Trinajstić information content (AvgIpc) is 3.48. The van der Waals surface area contributed by atoms with Gasteiger partial charge in [0.15, 0.2) is 0 Å². The van der Waals surface area contributed by atoms with Crippen molar-refractivity contribution in [3.8, 4) is 0 Å². The molecule has 2 aliphatic rings. The Balaban J connectivity index is 1.82. The number of rotatable bonds is 5. The van der Waals surface area contributed by atoms with Crippen LogP contribution < -0.4 is 16.0 Å². The van der Waals surface area contributed by atoms with Gasteiger partial charge >= 0.3 is 0 Å². The molecule has 4 N–H and O–H groups in total. The van der Waals surface area contributed by atoms with Crippen LogP contribution in [0.2, 0.25) is 0 Å². The number of hydrogen-bond donors (Lipinski definition) is 3. The molecular formula is C20H25N5O2. The van der Waals surface area contributed by atoms with Gasteiger partial charge in [-0.25, -0.2) is 9.97 Å².